The molecule has 0 spiro atoms. The van der Waals surface area contributed by atoms with Gasteiger partial charge in [-0.25, -0.2) is 0 Å². The van der Waals surface area contributed by atoms with E-state index in [1.807, 2.05) is 0 Å². The first-order valence-electron chi connectivity index (χ1n) is 8.57. The molecule has 0 aromatic carbocycles. The molecule has 20 heavy (non-hydrogen) atoms. The van der Waals surface area contributed by atoms with Gasteiger partial charge in [0.05, 0.1) is 0 Å². The molecule has 0 aromatic heterocycles. The van der Waals surface area contributed by atoms with Crippen molar-refractivity contribution in [3.63, 3.8) is 0 Å². The molecule has 0 aromatic rings. The first-order chi connectivity index (χ1) is 9.74. The highest BCUT2D eigenvalue weighted by atomic mass is 16.2. The minimum Gasteiger partial charge on any atom is -0.296 e. The Balaban J connectivity index is 1.81. The van der Waals surface area contributed by atoms with Crippen LogP contribution in [-0.4, -0.2) is 11.8 Å². The third kappa shape index (κ3) is 7.66. The zero-order valence-corrected chi connectivity index (χ0v) is 13.1. The minimum atomic E-state index is -0.0944. The van der Waals surface area contributed by atoms with Gasteiger partial charge in [0.25, 0.3) is 0 Å². The normalized spacial score (nSPS) is 18.6. The molecule has 1 fully saturated rings. The number of rotatable bonds is 12. The molecule has 1 saturated heterocycles. The fraction of sp³-hybridized carbons (Fsp3) is 0.882. The largest absolute Gasteiger partial charge is 0.296 e. The highest BCUT2D eigenvalue weighted by Gasteiger charge is 2.29. The van der Waals surface area contributed by atoms with Gasteiger partial charge in [0.1, 0.15) is 0 Å². The Morgan fingerprint density at radius 2 is 1.35 bits per heavy atom. The molecule has 1 aliphatic rings. The third-order valence-corrected chi connectivity index (χ3v) is 4.22. The molecule has 1 unspecified atom stereocenters. The molecular formula is C17H31NO2. The third-order valence-electron chi connectivity index (χ3n) is 4.22. The Morgan fingerprint density at radius 1 is 0.850 bits per heavy atom. The lowest BCUT2D eigenvalue weighted by Gasteiger charge is -2.05. The van der Waals surface area contributed by atoms with Crippen molar-refractivity contribution < 1.29 is 9.59 Å². The van der Waals surface area contributed by atoms with Crippen LogP contribution in [0.5, 0.6) is 0 Å². The number of hydrogen-bond donors (Lipinski definition) is 1. The van der Waals surface area contributed by atoms with E-state index in [1.54, 1.807) is 0 Å². The number of imide groups is 1. The highest BCUT2D eigenvalue weighted by molar-refractivity contribution is 6.03. The Labute approximate surface area is 123 Å². The number of hydrogen-bond acceptors (Lipinski definition) is 2. The van der Waals surface area contributed by atoms with Gasteiger partial charge < -0.3 is 0 Å². The Bertz CT molecular complexity index is 289. The standard InChI is InChI=1S/C17H31NO2/c1-2-3-4-5-6-7-8-9-10-11-12-13-15-14-16(19)18-17(15)20/h15H,2-14H2,1H3,(H,18,19,20). The number of nitrogens with one attached hydrogen (secondary N) is 1. The summed E-state index contributed by atoms with van der Waals surface area (Å²) in [5, 5.41) is 2.38. The Morgan fingerprint density at radius 3 is 1.80 bits per heavy atom. The van der Waals surface area contributed by atoms with E-state index >= 15 is 0 Å². The number of unbranched alkanes of at least 4 members (excludes halogenated alkanes) is 10. The van der Waals surface area contributed by atoms with E-state index in [0.717, 1.165) is 12.8 Å². The van der Waals surface area contributed by atoms with Crippen molar-refractivity contribution in [3.8, 4) is 0 Å². The quantitative estimate of drug-likeness (QED) is 0.427. The SMILES string of the molecule is CCCCCCCCCCCCCC1CC(=O)NC1=O. The average Bonchev–Trinajstić information content (AvgIpc) is 2.74. The summed E-state index contributed by atoms with van der Waals surface area (Å²) in [5.41, 5.74) is 0. The molecule has 1 atom stereocenters. The van der Waals surface area contributed by atoms with E-state index in [9.17, 15) is 9.59 Å². The summed E-state index contributed by atoms with van der Waals surface area (Å²) in [6.07, 6.45) is 15.8. The molecule has 0 radical (unpaired) electrons. The van der Waals surface area contributed by atoms with Crippen LogP contribution in [0.1, 0.15) is 90.4 Å². The molecule has 3 heteroatoms. The molecule has 1 heterocycles. The van der Waals surface area contributed by atoms with Crippen molar-refractivity contribution in [2.24, 2.45) is 5.92 Å². The van der Waals surface area contributed by atoms with Crippen molar-refractivity contribution in [1.29, 1.82) is 0 Å². The van der Waals surface area contributed by atoms with Gasteiger partial charge >= 0.3 is 0 Å². The van der Waals surface area contributed by atoms with Crippen LogP contribution < -0.4 is 5.32 Å². The van der Waals surface area contributed by atoms with E-state index < -0.39 is 0 Å². The first kappa shape index (κ1) is 17.2. The van der Waals surface area contributed by atoms with E-state index in [-0.39, 0.29) is 17.7 Å². The summed E-state index contributed by atoms with van der Waals surface area (Å²) < 4.78 is 0. The van der Waals surface area contributed by atoms with Gasteiger partial charge in [-0.2, -0.15) is 0 Å². The van der Waals surface area contributed by atoms with Crippen LogP contribution in [0, 0.1) is 5.92 Å². The van der Waals surface area contributed by atoms with Crippen LogP contribution >= 0.6 is 0 Å². The average molecular weight is 281 g/mol. The molecule has 0 saturated carbocycles. The molecule has 0 aliphatic carbocycles. The lowest BCUT2D eigenvalue weighted by Crippen LogP contribution is -2.21. The molecule has 116 valence electrons. The van der Waals surface area contributed by atoms with Crippen molar-refractivity contribution >= 4 is 11.8 Å². The molecule has 1 N–H and O–H groups in total. The van der Waals surface area contributed by atoms with E-state index in [4.69, 9.17) is 0 Å². The zero-order chi connectivity index (χ0) is 14.6. The molecular weight excluding hydrogens is 250 g/mol. The predicted molar refractivity (Wildman–Crippen MR) is 82.3 cm³/mol. The summed E-state index contributed by atoms with van der Waals surface area (Å²) >= 11 is 0. The lowest BCUT2D eigenvalue weighted by molar-refractivity contribution is -0.125. The second kappa shape index (κ2) is 10.9. The minimum absolute atomic E-state index is 0.0407. The van der Waals surface area contributed by atoms with E-state index in [1.165, 1.54) is 64.2 Å². The number of carbonyl (C=O) groups excluding carboxylic acids is 2. The smallest absolute Gasteiger partial charge is 0.230 e. The van der Waals surface area contributed by atoms with E-state index in [2.05, 4.69) is 12.2 Å². The molecule has 3 nitrogen and oxygen atoms in total. The topological polar surface area (TPSA) is 46.2 Å². The van der Waals surface area contributed by atoms with Gasteiger partial charge in [0.15, 0.2) is 0 Å². The van der Waals surface area contributed by atoms with Crippen LogP contribution in [0.3, 0.4) is 0 Å². The van der Waals surface area contributed by atoms with Gasteiger partial charge in [-0.05, 0) is 6.42 Å². The Kier molecular flexibility index (Phi) is 9.35. The summed E-state index contributed by atoms with van der Waals surface area (Å²) in [6, 6.07) is 0. The van der Waals surface area contributed by atoms with Crippen LogP contribution in [0.2, 0.25) is 0 Å². The summed E-state index contributed by atoms with van der Waals surface area (Å²) in [4.78, 5) is 22.4. The maximum absolute atomic E-state index is 11.4. The monoisotopic (exact) mass is 281 g/mol. The molecule has 2 amide bonds. The number of carbonyl (C=O) groups is 2. The van der Waals surface area contributed by atoms with Crippen molar-refractivity contribution in [3.05, 3.63) is 0 Å². The fourth-order valence-corrected chi connectivity index (χ4v) is 2.90. The maximum Gasteiger partial charge on any atom is 0.230 e. The zero-order valence-electron chi connectivity index (χ0n) is 13.1. The number of amides is 2. The molecule has 0 bridgehead atoms. The van der Waals surface area contributed by atoms with E-state index in [0.29, 0.717) is 6.42 Å². The predicted octanol–water partition coefficient (Wildman–Crippen LogP) is 4.35. The summed E-state index contributed by atoms with van der Waals surface area (Å²) in [6.45, 7) is 2.26. The summed E-state index contributed by atoms with van der Waals surface area (Å²) in [5.74, 6) is -0.189. The lowest BCUT2D eigenvalue weighted by atomic mass is 9.98. The van der Waals surface area contributed by atoms with Crippen LogP contribution in [0.4, 0.5) is 0 Å². The van der Waals surface area contributed by atoms with Crippen LogP contribution in [0.15, 0.2) is 0 Å². The van der Waals surface area contributed by atoms with Gasteiger partial charge in [-0.3, -0.25) is 14.9 Å². The van der Waals surface area contributed by atoms with Gasteiger partial charge in [-0.1, -0.05) is 77.6 Å². The first-order valence-corrected chi connectivity index (χ1v) is 8.57. The van der Waals surface area contributed by atoms with Gasteiger partial charge in [0.2, 0.25) is 11.8 Å². The van der Waals surface area contributed by atoms with Gasteiger partial charge in [-0.15, -0.1) is 0 Å². The van der Waals surface area contributed by atoms with Crippen LogP contribution in [-0.2, 0) is 9.59 Å². The molecule has 1 aliphatic heterocycles. The van der Waals surface area contributed by atoms with Crippen molar-refractivity contribution in [2.75, 3.05) is 0 Å². The maximum atomic E-state index is 11.4. The highest BCUT2D eigenvalue weighted by Crippen LogP contribution is 2.19. The fourth-order valence-electron chi connectivity index (χ4n) is 2.90. The van der Waals surface area contributed by atoms with Crippen molar-refractivity contribution in [1.82, 2.24) is 5.32 Å². The molecule has 1 rings (SSSR count). The van der Waals surface area contributed by atoms with Gasteiger partial charge in [0, 0.05) is 12.3 Å². The Hall–Kier alpha value is -0.860. The van der Waals surface area contributed by atoms with Crippen molar-refractivity contribution in [2.45, 2.75) is 90.4 Å². The summed E-state index contributed by atoms with van der Waals surface area (Å²) in [7, 11) is 0. The second-order valence-electron chi connectivity index (χ2n) is 6.14. The second-order valence-corrected chi connectivity index (χ2v) is 6.14. The van der Waals surface area contributed by atoms with Crippen LogP contribution in [0.25, 0.3) is 0 Å².